The lowest BCUT2D eigenvalue weighted by Gasteiger charge is -2.60. The number of halogens is 1. The molecule has 0 aliphatic heterocycles. The molecule has 4 aliphatic carbocycles. The molecule has 25 heavy (non-hydrogen) atoms. The van der Waals surface area contributed by atoms with E-state index in [9.17, 15) is 4.79 Å². The Kier molecular flexibility index (Phi) is 4.59. The molecule has 2 unspecified atom stereocenters. The molecular weight excluding hydrogens is 378 g/mol. The maximum Gasteiger partial charge on any atom is 0.220 e. The third-order valence-electron chi connectivity index (χ3n) is 6.54. The molecule has 4 bridgehead atoms. The Bertz CT molecular complexity index is 628. The fourth-order valence-corrected chi connectivity index (χ4v) is 7.59. The van der Waals surface area contributed by atoms with E-state index in [0.717, 1.165) is 30.4 Å². The highest BCUT2D eigenvalue weighted by Crippen LogP contribution is 2.65. The predicted molar refractivity (Wildman–Crippen MR) is 103 cm³/mol. The summed E-state index contributed by atoms with van der Waals surface area (Å²) in [4.78, 5) is 12.6. The number of ether oxygens (including phenoxy) is 1. The number of alkyl halides is 1. The van der Waals surface area contributed by atoms with Crippen molar-refractivity contribution in [2.45, 2.75) is 55.7 Å². The number of rotatable bonds is 6. The van der Waals surface area contributed by atoms with Crippen LogP contribution in [0, 0.1) is 17.3 Å². The predicted octanol–water partition coefficient (Wildman–Crippen LogP) is 4.48. The van der Waals surface area contributed by atoms with Crippen LogP contribution < -0.4 is 10.1 Å². The van der Waals surface area contributed by atoms with Gasteiger partial charge >= 0.3 is 0 Å². The number of amides is 1. The minimum Gasteiger partial charge on any atom is -0.497 e. The summed E-state index contributed by atoms with van der Waals surface area (Å²) in [6, 6.07) is 8.08. The Hall–Kier alpha value is -1.03. The summed E-state index contributed by atoms with van der Waals surface area (Å²) in [5, 5.41) is 3.16. The number of methoxy groups -OCH3 is 1. The van der Waals surface area contributed by atoms with Crippen molar-refractivity contribution >= 4 is 21.8 Å². The fourth-order valence-electron chi connectivity index (χ4n) is 6.08. The number of benzene rings is 1. The first-order valence-electron chi connectivity index (χ1n) is 9.56. The van der Waals surface area contributed by atoms with Crippen LogP contribution in [0.3, 0.4) is 0 Å². The van der Waals surface area contributed by atoms with Gasteiger partial charge in [0.05, 0.1) is 7.11 Å². The summed E-state index contributed by atoms with van der Waals surface area (Å²) in [6.07, 6.45) is 9.36. The van der Waals surface area contributed by atoms with Crippen molar-refractivity contribution in [2.75, 3.05) is 13.7 Å². The molecular formula is C21H28BrNO2. The summed E-state index contributed by atoms with van der Waals surface area (Å²) >= 11 is 4.04. The molecule has 0 aromatic heterocycles. The first-order chi connectivity index (χ1) is 12.0. The average Bonchev–Trinajstić information content (AvgIpc) is 2.52. The largest absolute Gasteiger partial charge is 0.497 e. The molecule has 3 nitrogen and oxygen atoms in total. The zero-order valence-electron chi connectivity index (χ0n) is 15.0. The van der Waals surface area contributed by atoms with Gasteiger partial charge < -0.3 is 10.1 Å². The highest BCUT2D eigenvalue weighted by molar-refractivity contribution is 9.10. The van der Waals surface area contributed by atoms with E-state index in [1.54, 1.807) is 7.11 Å². The van der Waals surface area contributed by atoms with Crippen LogP contribution in [-0.2, 0) is 11.2 Å². The molecule has 4 saturated carbocycles. The SMILES string of the molecule is COc1ccc(CCNC(=O)CC23C[C@@H]4C[C@@H](CC(Br)(C4)C2)C3)cc1. The first kappa shape index (κ1) is 17.4. The molecule has 5 rings (SSSR count). The highest BCUT2D eigenvalue weighted by Gasteiger charge is 2.57. The summed E-state index contributed by atoms with van der Waals surface area (Å²) < 4.78 is 5.51. The van der Waals surface area contributed by atoms with Crippen molar-refractivity contribution in [1.29, 1.82) is 0 Å². The minimum atomic E-state index is 0.242. The van der Waals surface area contributed by atoms with Crippen LogP contribution in [0.4, 0.5) is 0 Å². The fraction of sp³-hybridized carbons (Fsp3) is 0.667. The van der Waals surface area contributed by atoms with Crippen LogP contribution in [0.5, 0.6) is 5.75 Å². The Morgan fingerprint density at radius 1 is 1.20 bits per heavy atom. The second kappa shape index (κ2) is 6.61. The molecule has 4 aliphatic rings. The van der Waals surface area contributed by atoms with Crippen LogP contribution in [0.25, 0.3) is 0 Å². The zero-order valence-corrected chi connectivity index (χ0v) is 16.6. The van der Waals surface area contributed by atoms with E-state index < -0.39 is 0 Å². The molecule has 4 atom stereocenters. The molecule has 136 valence electrons. The van der Waals surface area contributed by atoms with Crippen molar-refractivity contribution < 1.29 is 9.53 Å². The van der Waals surface area contributed by atoms with Gasteiger partial charge in [-0.25, -0.2) is 0 Å². The Balaban J connectivity index is 1.29. The maximum absolute atomic E-state index is 12.6. The summed E-state index contributed by atoms with van der Waals surface area (Å²) in [5.74, 6) is 2.80. The lowest BCUT2D eigenvalue weighted by molar-refractivity contribution is -0.128. The van der Waals surface area contributed by atoms with E-state index in [1.807, 2.05) is 12.1 Å². The molecule has 1 N–H and O–H groups in total. The van der Waals surface area contributed by atoms with E-state index in [1.165, 1.54) is 44.1 Å². The number of hydrogen-bond acceptors (Lipinski definition) is 2. The number of carbonyl (C=O) groups excluding carboxylic acids is 1. The average molecular weight is 406 g/mol. The molecule has 0 heterocycles. The number of carbonyl (C=O) groups is 1. The Morgan fingerprint density at radius 2 is 1.88 bits per heavy atom. The van der Waals surface area contributed by atoms with E-state index >= 15 is 0 Å². The summed E-state index contributed by atoms with van der Waals surface area (Å²) in [5.41, 5.74) is 1.49. The van der Waals surface area contributed by atoms with E-state index in [-0.39, 0.29) is 11.3 Å². The van der Waals surface area contributed by atoms with Gasteiger partial charge in [0, 0.05) is 17.3 Å². The third-order valence-corrected chi connectivity index (χ3v) is 7.47. The quantitative estimate of drug-likeness (QED) is 0.708. The van der Waals surface area contributed by atoms with Gasteiger partial charge in [0.25, 0.3) is 0 Å². The lowest BCUT2D eigenvalue weighted by atomic mass is 9.48. The van der Waals surface area contributed by atoms with Gasteiger partial charge in [-0.1, -0.05) is 28.1 Å². The number of hydrogen-bond donors (Lipinski definition) is 1. The number of nitrogens with one attached hydrogen (secondary N) is 1. The summed E-state index contributed by atoms with van der Waals surface area (Å²) in [7, 11) is 1.68. The normalized spacial score (nSPS) is 35.6. The van der Waals surface area contributed by atoms with Gasteiger partial charge in [-0.2, -0.15) is 0 Å². The van der Waals surface area contributed by atoms with Crippen molar-refractivity contribution in [3.63, 3.8) is 0 Å². The second-order valence-electron chi connectivity index (χ2n) is 8.74. The van der Waals surface area contributed by atoms with Crippen molar-refractivity contribution in [3.05, 3.63) is 29.8 Å². The Labute approximate surface area is 159 Å². The van der Waals surface area contributed by atoms with Crippen molar-refractivity contribution in [1.82, 2.24) is 5.32 Å². The van der Waals surface area contributed by atoms with Crippen LogP contribution >= 0.6 is 15.9 Å². The molecule has 0 saturated heterocycles. The molecule has 1 aromatic carbocycles. The van der Waals surface area contributed by atoms with Gasteiger partial charge in [-0.15, -0.1) is 0 Å². The highest BCUT2D eigenvalue weighted by atomic mass is 79.9. The van der Waals surface area contributed by atoms with Crippen LogP contribution in [0.15, 0.2) is 24.3 Å². The van der Waals surface area contributed by atoms with Gasteiger partial charge in [0.1, 0.15) is 5.75 Å². The monoisotopic (exact) mass is 405 g/mol. The van der Waals surface area contributed by atoms with Gasteiger partial charge in [-0.3, -0.25) is 4.79 Å². The van der Waals surface area contributed by atoms with Gasteiger partial charge in [-0.05, 0) is 79.9 Å². The van der Waals surface area contributed by atoms with E-state index in [4.69, 9.17) is 4.74 Å². The van der Waals surface area contributed by atoms with Crippen molar-refractivity contribution in [3.8, 4) is 5.75 Å². The Morgan fingerprint density at radius 3 is 2.48 bits per heavy atom. The maximum atomic E-state index is 12.6. The minimum absolute atomic E-state index is 0.242. The standard InChI is InChI=1S/C21H28BrNO2/c1-25-18-4-2-15(3-5-18)6-7-23-19(24)13-20-9-16-8-17(10-20)12-21(22,11-16)14-20/h2-5,16-17H,6-14H2,1H3,(H,23,24)/t16-,17+,20?,21?. The zero-order chi connectivity index (χ0) is 17.5. The molecule has 1 amide bonds. The van der Waals surface area contributed by atoms with Crippen LogP contribution in [0.1, 0.15) is 50.5 Å². The second-order valence-corrected chi connectivity index (χ2v) is 10.4. The molecule has 4 heteroatoms. The molecule has 1 aromatic rings. The van der Waals surface area contributed by atoms with Gasteiger partial charge in [0.2, 0.25) is 5.91 Å². The van der Waals surface area contributed by atoms with Crippen LogP contribution in [-0.4, -0.2) is 23.9 Å². The summed E-state index contributed by atoms with van der Waals surface area (Å²) in [6.45, 7) is 0.716. The molecule has 0 radical (unpaired) electrons. The third kappa shape index (κ3) is 3.74. The molecule has 4 fully saturated rings. The van der Waals surface area contributed by atoms with E-state index in [0.29, 0.717) is 10.9 Å². The molecule has 0 spiro atoms. The smallest absolute Gasteiger partial charge is 0.220 e. The van der Waals surface area contributed by atoms with Gasteiger partial charge in [0.15, 0.2) is 0 Å². The lowest BCUT2D eigenvalue weighted by Crippen LogP contribution is -2.54. The van der Waals surface area contributed by atoms with Crippen LogP contribution in [0.2, 0.25) is 0 Å². The van der Waals surface area contributed by atoms with Crippen molar-refractivity contribution in [2.24, 2.45) is 17.3 Å². The topological polar surface area (TPSA) is 38.3 Å². The first-order valence-corrected chi connectivity index (χ1v) is 10.4. The van der Waals surface area contributed by atoms with E-state index in [2.05, 4.69) is 33.4 Å².